The zero-order valence-electron chi connectivity index (χ0n) is 14.4. The van der Waals surface area contributed by atoms with Crippen molar-refractivity contribution in [3.63, 3.8) is 0 Å². The molecule has 1 heterocycles. The Morgan fingerprint density at radius 3 is 2.81 bits per heavy atom. The summed E-state index contributed by atoms with van der Waals surface area (Å²) in [7, 11) is 1.54. The summed E-state index contributed by atoms with van der Waals surface area (Å²) in [5.41, 5.74) is 7.50. The van der Waals surface area contributed by atoms with Gasteiger partial charge in [-0.2, -0.15) is 0 Å². The molecule has 2 N–H and O–H groups in total. The smallest absolute Gasteiger partial charge is 0.231 e. The molecule has 0 amide bonds. The molecule has 0 radical (unpaired) electrons. The molecule has 7 heteroatoms. The van der Waals surface area contributed by atoms with E-state index in [0.717, 1.165) is 0 Å². The lowest BCUT2D eigenvalue weighted by Gasteiger charge is -2.10. The lowest BCUT2D eigenvalue weighted by Crippen LogP contribution is -2.03. The number of methoxy groups -OCH3 is 1. The molecule has 0 fully saturated rings. The fourth-order valence-electron chi connectivity index (χ4n) is 2.60. The number of carbonyl (C=O) groups is 1. The molecule has 2 aromatic carbocycles. The summed E-state index contributed by atoms with van der Waals surface area (Å²) in [6.45, 7) is 2.52. The van der Waals surface area contributed by atoms with Crippen LogP contribution in [0.1, 0.15) is 22.8 Å². The number of hydrogen-bond donors (Lipinski definition) is 1. The first kappa shape index (κ1) is 18.1. The second kappa shape index (κ2) is 7.70. The highest BCUT2D eigenvalue weighted by Crippen LogP contribution is 2.44. The molecule has 0 aliphatic carbocycles. The number of nitrogens with two attached hydrogens (primary N) is 1. The van der Waals surface area contributed by atoms with E-state index in [1.54, 1.807) is 36.4 Å². The molecule has 1 aliphatic heterocycles. The maximum atomic E-state index is 12.7. The van der Waals surface area contributed by atoms with Crippen molar-refractivity contribution in [2.45, 2.75) is 6.92 Å². The van der Waals surface area contributed by atoms with Crippen LogP contribution in [0, 0.1) is 0 Å². The van der Waals surface area contributed by atoms with Gasteiger partial charge in [-0.15, -0.1) is 0 Å². The lowest BCUT2D eigenvalue weighted by atomic mass is 10.1. The number of Topliss-reactive ketones (excluding diaryl/α,β-unsaturated/α-hetero) is 1. The maximum absolute atomic E-state index is 12.7. The van der Waals surface area contributed by atoms with E-state index in [0.29, 0.717) is 50.9 Å². The zero-order chi connectivity index (χ0) is 18.7. The SMILES string of the molecule is CCOc1ccc(C(=O)/C(Br)=C\c2ccc3c(c2OC)OCO3)cc1N. The Balaban J connectivity index is 1.90. The summed E-state index contributed by atoms with van der Waals surface area (Å²) < 4.78 is 21.9. The maximum Gasteiger partial charge on any atom is 0.231 e. The molecule has 1 aliphatic rings. The topological polar surface area (TPSA) is 80.0 Å². The van der Waals surface area contributed by atoms with Gasteiger partial charge in [-0.1, -0.05) is 0 Å². The molecular weight excluding hydrogens is 402 g/mol. The van der Waals surface area contributed by atoms with Gasteiger partial charge in [0.15, 0.2) is 17.3 Å². The first-order chi connectivity index (χ1) is 12.5. The highest BCUT2D eigenvalue weighted by Gasteiger charge is 2.22. The first-order valence-corrected chi connectivity index (χ1v) is 8.75. The molecule has 0 spiro atoms. The summed E-state index contributed by atoms with van der Waals surface area (Å²) in [5, 5.41) is 0. The number of ether oxygens (including phenoxy) is 4. The van der Waals surface area contributed by atoms with Crippen LogP contribution in [0.2, 0.25) is 0 Å². The van der Waals surface area contributed by atoms with E-state index in [-0.39, 0.29) is 12.6 Å². The minimum absolute atomic E-state index is 0.143. The Morgan fingerprint density at radius 2 is 2.12 bits per heavy atom. The van der Waals surface area contributed by atoms with Crippen LogP contribution >= 0.6 is 15.9 Å². The Bertz CT molecular complexity index is 878. The van der Waals surface area contributed by atoms with Gasteiger partial charge in [0.2, 0.25) is 12.5 Å². The number of rotatable bonds is 6. The standard InChI is InChI=1S/C19H18BrNO5/c1-3-24-15-6-4-11(9-14(15)21)17(22)13(20)8-12-5-7-16-19(18(12)23-2)26-10-25-16/h4-9H,3,10,21H2,1-2H3/b13-8+. The number of allylic oxidation sites excluding steroid dienone is 1. The van der Waals surface area contributed by atoms with Crippen molar-refractivity contribution in [1.82, 2.24) is 0 Å². The lowest BCUT2D eigenvalue weighted by molar-refractivity contribution is 0.104. The number of carbonyl (C=O) groups excluding carboxylic acids is 1. The van der Waals surface area contributed by atoms with E-state index in [4.69, 9.17) is 24.7 Å². The fourth-order valence-corrected chi connectivity index (χ4v) is 3.08. The largest absolute Gasteiger partial charge is 0.492 e. The van der Waals surface area contributed by atoms with Crippen molar-refractivity contribution in [3.8, 4) is 23.0 Å². The molecule has 0 saturated carbocycles. The van der Waals surface area contributed by atoms with Gasteiger partial charge in [-0.3, -0.25) is 4.79 Å². The highest BCUT2D eigenvalue weighted by atomic mass is 79.9. The second-order valence-corrected chi connectivity index (χ2v) is 6.28. The number of halogens is 1. The van der Waals surface area contributed by atoms with Crippen molar-refractivity contribution in [2.24, 2.45) is 0 Å². The minimum atomic E-state index is -0.209. The third kappa shape index (κ3) is 3.48. The summed E-state index contributed by atoms with van der Waals surface area (Å²) in [6.07, 6.45) is 1.68. The van der Waals surface area contributed by atoms with Gasteiger partial charge < -0.3 is 24.7 Å². The number of ketones is 1. The van der Waals surface area contributed by atoms with Crippen LogP contribution in [0.3, 0.4) is 0 Å². The van der Waals surface area contributed by atoms with Crippen LogP contribution in [0.4, 0.5) is 5.69 Å². The summed E-state index contributed by atoms with van der Waals surface area (Å²) >= 11 is 3.35. The monoisotopic (exact) mass is 419 g/mol. The molecule has 6 nitrogen and oxygen atoms in total. The Hall–Kier alpha value is -2.67. The summed E-state index contributed by atoms with van der Waals surface area (Å²) in [6, 6.07) is 8.53. The van der Waals surface area contributed by atoms with Crippen molar-refractivity contribution < 1.29 is 23.7 Å². The molecule has 2 aromatic rings. The third-order valence-electron chi connectivity index (χ3n) is 3.80. The van der Waals surface area contributed by atoms with Crippen molar-refractivity contribution >= 4 is 33.5 Å². The molecular formula is C19H18BrNO5. The van der Waals surface area contributed by atoms with Crippen LogP contribution in [0.5, 0.6) is 23.0 Å². The first-order valence-electron chi connectivity index (χ1n) is 7.96. The van der Waals surface area contributed by atoms with E-state index < -0.39 is 0 Å². The van der Waals surface area contributed by atoms with Crippen molar-refractivity contribution in [2.75, 3.05) is 26.2 Å². The van der Waals surface area contributed by atoms with E-state index in [1.807, 2.05) is 6.92 Å². The number of anilines is 1. The number of fused-ring (bicyclic) bond motifs is 1. The molecule has 0 atom stereocenters. The molecule has 0 bridgehead atoms. The predicted molar refractivity (Wildman–Crippen MR) is 102 cm³/mol. The van der Waals surface area contributed by atoms with Crippen LogP contribution in [-0.4, -0.2) is 26.3 Å². The third-order valence-corrected chi connectivity index (χ3v) is 4.39. The summed E-state index contributed by atoms with van der Waals surface area (Å²) in [4.78, 5) is 12.7. The van der Waals surface area contributed by atoms with Gasteiger partial charge in [-0.05, 0) is 59.3 Å². The minimum Gasteiger partial charge on any atom is -0.492 e. The van der Waals surface area contributed by atoms with Crippen LogP contribution in [0.25, 0.3) is 6.08 Å². The quantitative estimate of drug-likeness (QED) is 0.432. The van der Waals surface area contributed by atoms with Crippen LogP contribution in [-0.2, 0) is 0 Å². The molecule has 136 valence electrons. The van der Waals surface area contributed by atoms with Crippen LogP contribution < -0.4 is 24.7 Å². The average Bonchev–Trinajstić information content (AvgIpc) is 3.11. The van der Waals surface area contributed by atoms with Gasteiger partial charge in [0, 0.05) is 11.1 Å². The highest BCUT2D eigenvalue weighted by molar-refractivity contribution is 9.12. The van der Waals surface area contributed by atoms with Gasteiger partial charge in [0.25, 0.3) is 0 Å². The molecule has 26 heavy (non-hydrogen) atoms. The van der Waals surface area contributed by atoms with Crippen LogP contribution in [0.15, 0.2) is 34.8 Å². The van der Waals surface area contributed by atoms with Gasteiger partial charge >= 0.3 is 0 Å². The number of benzene rings is 2. The Morgan fingerprint density at radius 1 is 1.31 bits per heavy atom. The Kier molecular flexibility index (Phi) is 5.37. The Labute approximate surface area is 159 Å². The second-order valence-electron chi connectivity index (χ2n) is 5.43. The van der Waals surface area contributed by atoms with Crippen molar-refractivity contribution in [1.29, 1.82) is 0 Å². The van der Waals surface area contributed by atoms with E-state index in [9.17, 15) is 4.79 Å². The van der Waals surface area contributed by atoms with E-state index in [1.165, 1.54) is 7.11 Å². The van der Waals surface area contributed by atoms with Crippen molar-refractivity contribution in [3.05, 3.63) is 45.9 Å². The van der Waals surface area contributed by atoms with E-state index >= 15 is 0 Å². The van der Waals surface area contributed by atoms with Gasteiger partial charge in [0.1, 0.15) is 5.75 Å². The molecule has 0 aromatic heterocycles. The fraction of sp³-hybridized carbons (Fsp3) is 0.211. The van der Waals surface area contributed by atoms with Gasteiger partial charge in [0.05, 0.1) is 23.9 Å². The summed E-state index contributed by atoms with van der Waals surface area (Å²) in [5.74, 6) is 2.00. The number of nitrogen functional groups attached to an aromatic ring is 1. The number of hydrogen-bond acceptors (Lipinski definition) is 6. The molecule has 0 saturated heterocycles. The average molecular weight is 420 g/mol. The van der Waals surface area contributed by atoms with Gasteiger partial charge in [-0.25, -0.2) is 0 Å². The zero-order valence-corrected chi connectivity index (χ0v) is 16.0. The molecule has 3 rings (SSSR count). The molecule has 0 unspecified atom stereocenters. The van der Waals surface area contributed by atoms with E-state index in [2.05, 4.69) is 15.9 Å². The normalized spacial score (nSPS) is 12.8. The predicted octanol–water partition coefficient (Wildman–Crippen LogP) is 4.02.